The number of carbonyl (C=O) groups excluding carboxylic acids is 2. The first-order chi connectivity index (χ1) is 19.5. The number of aromatic hydroxyl groups is 1. The second-order valence-corrected chi connectivity index (χ2v) is 9.98. The highest BCUT2D eigenvalue weighted by Gasteiger charge is 2.40. The highest BCUT2D eigenvalue weighted by atomic mass is 16.6. The fourth-order valence-corrected chi connectivity index (χ4v) is 5.23. The Labute approximate surface area is 233 Å². The Balaban J connectivity index is 1.60. The molecule has 210 valence electrons. The third-order valence-corrected chi connectivity index (χ3v) is 7.30. The number of benzene rings is 3. The summed E-state index contributed by atoms with van der Waals surface area (Å²) < 4.78 is 22.9. The van der Waals surface area contributed by atoms with Gasteiger partial charge in [0.05, 0.1) is 19.9 Å². The van der Waals surface area contributed by atoms with Crippen LogP contribution >= 0.6 is 0 Å². The Morgan fingerprint density at radius 1 is 0.925 bits per heavy atom. The molecule has 5 rings (SSSR count). The van der Waals surface area contributed by atoms with Crippen molar-refractivity contribution in [2.75, 3.05) is 25.7 Å². The van der Waals surface area contributed by atoms with Crippen LogP contribution in [0.3, 0.4) is 0 Å². The molecule has 40 heavy (non-hydrogen) atoms. The fraction of sp³-hybridized carbons (Fsp3) is 0.355. The first-order valence-corrected chi connectivity index (χ1v) is 13.5. The molecule has 1 heterocycles. The average Bonchev–Trinajstić information content (AvgIpc) is 3.00. The largest absolute Gasteiger partial charge is 0.508 e. The highest BCUT2D eigenvalue weighted by Crippen LogP contribution is 2.37. The second kappa shape index (κ2) is 12.2. The Kier molecular flexibility index (Phi) is 8.28. The number of fused-ring (bicyclic) bond motifs is 1. The molecule has 3 aromatic carbocycles. The van der Waals surface area contributed by atoms with Crippen LogP contribution in [0.1, 0.15) is 43.7 Å². The SMILES string of the molecule is COc1cc(OC)cc(N(C(=O)[C@@H]2COc3ccccc3O2)[C@@H](C(=O)NC2CCCCC2)c2ccc(O)cc2)c1. The molecule has 2 N–H and O–H groups in total. The number of phenolic OH excluding ortho intramolecular Hbond substituents is 1. The lowest BCUT2D eigenvalue weighted by Crippen LogP contribution is -2.52. The van der Waals surface area contributed by atoms with E-state index in [1.54, 1.807) is 48.5 Å². The molecule has 2 aliphatic rings. The Morgan fingerprint density at radius 3 is 2.23 bits per heavy atom. The van der Waals surface area contributed by atoms with Gasteiger partial charge in [0.2, 0.25) is 12.0 Å². The van der Waals surface area contributed by atoms with E-state index in [1.165, 1.54) is 31.3 Å². The van der Waals surface area contributed by atoms with E-state index >= 15 is 0 Å². The molecule has 0 radical (unpaired) electrons. The zero-order valence-corrected chi connectivity index (χ0v) is 22.7. The number of nitrogens with one attached hydrogen (secondary N) is 1. The van der Waals surface area contributed by atoms with Crippen molar-refractivity contribution in [1.82, 2.24) is 5.32 Å². The number of carbonyl (C=O) groups is 2. The van der Waals surface area contributed by atoms with E-state index in [0.29, 0.717) is 34.2 Å². The summed E-state index contributed by atoms with van der Waals surface area (Å²) in [6.45, 7) is -0.0278. The smallest absolute Gasteiger partial charge is 0.272 e. The van der Waals surface area contributed by atoms with E-state index in [2.05, 4.69) is 5.32 Å². The van der Waals surface area contributed by atoms with Gasteiger partial charge in [-0.25, -0.2) is 0 Å². The summed E-state index contributed by atoms with van der Waals surface area (Å²) in [5.41, 5.74) is 0.916. The molecule has 0 aromatic heterocycles. The van der Waals surface area contributed by atoms with E-state index in [9.17, 15) is 14.7 Å². The molecule has 2 amide bonds. The number of rotatable bonds is 8. The molecule has 9 nitrogen and oxygen atoms in total. The predicted octanol–water partition coefficient (Wildman–Crippen LogP) is 4.77. The number of anilines is 1. The van der Waals surface area contributed by atoms with Crippen LogP contribution in [-0.4, -0.2) is 49.9 Å². The average molecular weight is 547 g/mol. The lowest BCUT2D eigenvalue weighted by Gasteiger charge is -2.36. The van der Waals surface area contributed by atoms with E-state index in [0.717, 1.165) is 32.1 Å². The summed E-state index contributed by atoms with van der Waals surface area (Å²) in [6.07, 6.45) is 3.96. The summed E-state index contributed by atoms with van der Waals surface area (Å²) in [5, 5.41) is 13.2. The summed E-state index contributed by atoms with van der Waals surface area (Å²) in [6, 6.07) is 17.4. The van der Waals surface area contributed by atoms with Crippen molar-refractivity contribution < 1.29 is 33.6 Å². The molecular formula is C31H34N2O7. The highest BCUT2D eigenvalue weighted by molar-refractivity contribution is 6.04. The monoisotopic (exact) mass is 546 g/mol. The topological polar surface area (TPSA) is 107 Å². The Hall–Kier alpha value is -4.40. The molecular weight excluding hydrogens is 512 g/mol. The van der Waals surface area contributed by atoms with Gasteiger partial charge in [0, 0.05) is 24.2 Å². The Bertz CT molecular complexity index is 1320. The van der Waals surface area contributed by atoms with Gasteiger partial charge in [-0.15, -0.1) is 0 Å². The van der Waals surface area contributed by atoms with Crippen molar-refractivity contribution in [2.45, 2.75) is 50.3 Å². The summed E-state index contributed by atoms with van der Waals surface area (Å²) in [4.78, 5) is 29.9. The van der Waals surface area contributed by atoms with Crippen LogP contribution in [0.4, 0.5) is 5.69 Å². The minimum Gasteiger partial charge on any atom is -0.508 e. The summed E-state index contributed by atoms with van der Waals surface area (Å²) >= 11 is 0. The van der Waals surface area contributed by atoms with Gasteiger partial charge >= 0.3 is 0 Å². The number of ether oxygens (including phenoxy) is 4. The molecule has 3 aromatic rings. The van der Waals surface area contributed by atoms with Crippen molar-refractivity contribution in [3.8, 4) is 28.7 Å². The zero-order chi connectivity index (χ0) is 28.1. The normalized spacial score (nSPS) is 17.4. The minimum atomic E-state index is -1.08. The molecule has 0 spiro atoms. The molecule has 2 atom stereocenters. The van der Waals surface area contributed by atoms with Crippen LogP contribution in [-0.2, 0) is 9.59 Å². The van der Waals surface area contributed by atoms with Crippen molar-refractivity contribution in [1.29, 1.82) is 0 Å². The van der Waals surface area contributed by atoms with Gasteiger partial charge in [-0.2, -0.15) is 0 Å². The maximum absolute atomic E-state index is 14.4. The van der Waals surface area contributed by atoms with Crippen molar-refractivity contribution >= 4 is 17.5 Å². The number of phenols is 1. The van der Waals surface area contributed by atoms with Gasteiger partial charge in [0.15, 0.2) is 11.5 Å². The van der Waals surface area contributed by atoms with Gasteiger partial charge in [-0.3, -0.25) is 14.5 Å². The lowest BCUT2D eigenvalue weighted by atomic mass is 9.94. The Morgan fingerprint density at radius 2 is 1.57 bits per heavy atom. The van der Waals surface area contributed by atoms with Crippen molar-refractivity contribution in [2.24, 2.45) is 0 Å². The molecule has 0 saturated heterocycles. The van der Waals surface area contributed by atoms with Crippen LogP contribution in [0.25, 0.3) is 0 Å². The first-order valence-electron chi connectivity index (χ1n) is 13.5. The third kappa shape index (κ3) is 5.93. The van der Waals surface area contributed by atoms with Gasteiger partial charge in [0.1, 0.15) is 29.9 Å². The maximum atomic E-state index is 14.4. The van der Waals surface area contributed by atoms with Crippen molar-refractivity contribution in [3.63, 3.8) is 0 Å². The van der Waals surface area contributed by atoms with Crippen LogP contribution < -0.4 is 29.2 Å². The number of methoxy groups -OCH3 is 2. The standard InChI is InChI=1S/C31H34N2O7/c1-37-24-16-22(17-25(18-24)38-2)33(31(36)28-19-39-26-10-6-7-11-27(26)40-28)29(20-12-14-23(34)15-13-20)30(35)32-21-8-4-3-5-9-21/h6-7,10-18,21,28-29,34H,3-5,8-9,19H2,1-2H3,(H,32,35)/t28-,29+/m0/s1. The van der Waals surface area contributed by atoms with E-state index < -0.39 is 18.1 Å². The zero-order valence-electron chi connectivity index (χ0n) is 22.7. The first kappa shape index (κ1) is 27.2. The van der Waals surface area contributed by atoms with E-state index in [-0.39, 0.29) is 24.3 Å². The van der Waals surface area contributed by atoms with Crippen molar-refractivity contribution in [3.05, 3.63) is 72.3 Å². The molecule has 1 fully saturated rings. The van der Waals surface area contributed by atoms with E-state index in [4.69, 9.17) is 18.9 Å². The van der Waals surface area contributed by atoms with Gasteiger partial charge in [-0.05, 0) is 42.7 Å². The maximum Gasteiger partial charge on any atom is 0.272 e. The molecule has 0 unspecified atom stereocenters. The fourth-order valence-electron chi connectivity index (χ4n) is 5.23. The number of hydrogen-bond donors (Lipinski definition) is 2. The van der Waals surface area contributed by atoms with Crippen LogP contribution in [0.2, 0.25) is 0 Å². The second-order valence-electron chi connectivity index (χ2n) is 9.98. The van der Waals surface area contributed by atoms with Crippen LogP contribution in [0, 0.1) is 0 Å². The van der Waals surface area contributed by atoms with Gasteiger partial charge in [-0.1, -0.05) is 43.5 Å². The molecule has 1 aliphatic carbocycles. The number of amides is 2. The van der Waals surface area contributed by atoms with E-state index in [1.807, 2.05) is 6.07 Å². The molecule has 1 saturated carbocycles. The van der Waals surface area contributed by atoms with Crippen LogP contribution in [0.15, 0.2) is 66.7 Å². The molecule has 9 heteroatoms. The van der Waals surface area contributed by atoms with Gasteiger partial charge < -0.3 is 29.4 Å². The molecule has 1 aliphatic heterocycles. The number of nitrogens with zero attached hydrogens (tertiary/aromatic N) is 1. The third-order valence-electron chi connectivity index (χ3n) is 7.30. The predicted molar refractivity (Wildman–Crippen MR) is 149 cm³/mol. The van der Waals surface area contributed by atoms with Crippen LogP contribution in [0.5, 0.6) is 28.7 Å². The van der Waals surface area contributed by atoms with Gasteiger partial charge in [0.25, 0.3) is 5.91 Å². The quantitative estimate of drug-likeness (QED) is 0.419. The number of para-hydroxylation sites is 2. The number of hydrogen-bond acceptors (Lipinski definition) is 7. The molecule has 0 bridgehead atoms. The lowest BCUT2D eigenvalue weighted by molar-refractivity contribution is -0.132. The minimum absolute atomic E-state index is 0.0128. The summed E-state index contributed by atoms with van der Waals surface area (Å²) in [7, 11) is 3.04. The summed E-state index contributed by atoms with van der Waals surface area (Å²) in [5.74, 6) is 1.16.